The van der Waals surface area contributed by atoms with Gasteiger partial charge >= 0.3 is 0 Å². The number of ketones is 1. The van der Waals surface area contributed by atoms with Crippen LogP contribution in [0.5, 0.6) is 0 Å². The molecule has 0 atom stereocenters. The summed E-state index contributed by atoms with van der Waals surface area (Å²) >= 11 is 0. The lowest BCUT2D eigenvalue weighted by molar-refractivity contribution is 0.0974. The Morgan fingerprint density at radius 1 is 0.963 bits per heavy atom. The molecule has 2 aromatic carbocycles. The van der Waals surface area contributed by atoms with Gasteiger partial charge in [-0.2, -0.15) is 0 Å². The van der Waals surface area contributed by atoms with Crippen molar-refractivity contribution >= 4 is 17.4 Å². The molecule has 142 valence electrons. The molecule has 0 spiro atoms. The summed E-state index contributed by atoms with van der Waals surface area (Å²) in [6, 6.07) is 15.2. The zero-order chi connectivity index (χ0) is 19.4. The first-order chi connectivity index (χ1) is 12.8. The minimum absolute atomic E-state index is 0.0237. The largest absolute Gasteiger partial charge is 0.308 e. The number of unbranched alkanes of at least 4 members (excludes halogenated alkanes) is 1. The van der Waals surface area contributed by atoms with E-state index in [-0.39, 0.29) is 11.7 Å². The summed E-state index contributed by atoms with van der Waals surface area (Å²) in [5, 5.41) is 0. The van der Waals surface area contributed by atoms with Crippen LogP contribution in [0.1, 0.15) is 72.7 Å². The average Bonchev–Trinajstić information content (AvgIpc) is 3.07. The summed E-state index contributed by atoms with van der Waals surface area (Å²) in [4.78, 5) is 27.1. The van der Waals surface area contributed by atoms with Gasteiger partial charge in [-0.05, 0) is 60.6 Å². The molecule has 0 aliphatic carbocycles. The maximum atomic E-state index is 12.7. The van der Waals surface area contributed by atoms with Gasteiger partial charge < -0.3 is 4.90 Å². The summed E-state index contributed by atoms with van der Waals surface area (Å²) < 4.78 is 0. The van der Waals surface area contributed by atoms with Crippen molar-refractivity contribution in [2.75, 3.05) is 11.4 Å². The zero-order valence-electron chi connectivity index (χ0n) is 16.6. The second-order valence-corrected chi connectivity index (χ2v) is 8.61. The highest BCUT2D eigenvalue weighted by Crippen LogP contribution is 2.31. The van der Waals surface area contributed by atoms with Crippen LogP contribution in [0, 0.1) is 5.41 Å². The molecule has 0 unspecified atom stereocenters. The second-order valence-electron chi connectivity index (χ2n) is 8.61. The molecular formula is C24H29NO2. The summed E-state index contributed by atoms with van der Waals surface area (Å²) in [6.07, 6.45) is 4.56. The van der Waals surface area contributed by atoms with Crippen molar-refractivity contribution in [1.82, 2.24) is 0 Å². The standard InChI is InChI=1S/C24H29NO2/c1-24(2,3)15-8-7-11-22(26)20-12-13-21-19(17-20)14-16-25(21)23(27)18-9-5-4-6-10-18/h4-6,9-10,12-13,17H,7-8,11,14-16H2,1-3H3. The average molecular weight is 364 g/mol. The molecule has 3 rings (SSSR count). The lowest BCUT2D eigenvalue weighted by Crippen LogP contribution is -2.28. The summed E-state index contributed by atoms with van der Waals surface area (Å²) in [7, 11) is 0. The van der Waals surface area contributed by atoms with Gasteiger partial charge in [0.1, 0.15) is 0 Å². The number of rotatable bonds is 6. The first kappa shape index (κ1) is 19.3. The molecule has 0 bridgehead atoms. The van der Waals surface area contributed by atoms with Crippen molar-refractivity contribution in [2.45, 2.75) is 52.9 Å². The zero-order valence-corrected chi connectivity index (χ0v) is 16.6. The van der Waals surface area contributed by atoms with Gasteiger partial charge in [0.25, 0.3) is 5.91 Å². The maximum Gasteiger partial charge on any atom is 0.258 e. The minimum Gasteiger partial charge on any atom is -0.308 e. The van der Waals surface area contributed by atoms with Gasteiger partial charge in [0.05, 0.1) is 0 Å². The van der Waals surface area contributed by atoms with Gasteiger partial charge in [0.15, 0.2) is 5.78 Å². The van der Waals surface area contributed by atoms with Crippen LogP contribution in [0.2, 0.25) is 0 Å². The molecule has 2 aromatic rings. The first-order valence-corrected chi connectivity index (χ1v) is 9.88. The Labute approximate surface area is 162 Å². The van der Waals surface area contributed by atoms with E-state index in [1.165, 1.54) is 0 Å². The van der Waals surface area contributed by atoms with E-state index in [9.17, 15) is 9.59 Å². The first-order valence-electron chi connectivity index (χ1n) is 9.88. The molecule has 0 saturated heterocycles. The molecular weight excluding hydrogens is 334 g/mol. The van der Waals surface area contributed by atoms with E-state index in [0.717, 1.165) is 42.5 Å². The van der Waals surface area contributed by atoms with Crippen LogP contribution in [-0.4, -0.2) is 18.2 Å². The van der Waals surface area contributed by atoms with Crippen molar-refractivity contribution in [3.05, 3.63) is 65.2 Å². The smallest absolute Gasteiger partial charge is 0.258 e. The second kappa shape index (κ2) is 8.08. The molecule has 1 heterocycles. The fourth-order valence-corrected chi connectivity index (χ4v) is 3.61. The van der Waals surface area contributed by atoms with Crippen molar-refractivity contribution in [3.8, 4) is 0 Å². The Kier molecular flexibility index (Phi) is 5.79. The van der Waals surface area contributed by atoms with Crippen LogP contribution >= 0.6 is 0 Å². The number of carbonyl (C=O) groups excluding carboxylic acids is 2. The van der Waals surface area contributed by atoms with Crippen molar-refractivity contribution < 1.29 is 9.59 Å². The molecule has 1 aliphatic heterocycles. The molecule has 3 heteroatoms. The Balaban J connectivity index is 1.64. The molecule has 0 fully saturated rings. The number of Topliss-reactive ketones (excluding diaryl/α,β-unsaturated/α-hetero) is 1. The van der Waals surface area contributed by atoms with Crippen LogP contribution in [0.4, 0.5) is 5.69 Å². The lowest BCUT2D eigenvalue weighted by Gasteiger charge is -2.18. The van der Waals surface area contributed by atoms with E-state index in [0.29, 0.717) is 23.9 Å². The van der Waals surface area contributed by atoms with Crippen LogP contribution in [0.3, 0.4) is 0 Å². The number of benzene rings is 2. The normalized spacial score (nSPS) is 13.5. The van der Waals surface area contributed by atoms with Crippen LogP contribution in [-0.2, 0) is 6.42 Å². The van der Waals surface area contributed by atoms with Gasteiger partial charge in [0.2, 0.25) is 0 Å². The molecule has 1 aliphatic rings. The Morgan fingerprint density at radius 3 is 2.41 bits per heavy atom. The third-order valence-electron chi connectivity index (χ3n) is 5.14. The quantitative estimate of drug-likeness (QED) is 0.489. The van der Waals surface area contributed by atoms with Gasteiger partial charge in [-0.15, -0.1) is 0 Å². The number of amides is 1. The van der Waals surface area contributed by atoms with E-state index in [1.807, 2.05) is 53.4 Å². The van der Waals surface area contributed by atoms with Crippen molar-refractivity contribution in [3.63, 3.8) is 0 Å². The molecule has 0 N–H and O–H groups in total. The molecule has 1 amide bonds. The number of nitrogens with zero attached hydrogens (tertiary/aromatic N) is 1. The SMILES string of the molecule is CC(C)(C)CCCCC(=O)c1ccc2c(c1)CCN2C(=O)c1ccccc1. The molecule has 27 heavy (non-hydrogen) atoms. The van der Waals surface area contributed by atoms with Crippen LogP contribution < -0.4 is 4.90 Å². The van der Waals surface area contributed by atoms with Crippen molar-refractivity contribution in [1.29, 1.82) is 0 Å². The minimum atomic E-state index is 0.0237. The number of carbonyl (C=O) groups is 2. The monoisotopic (exact) mass is 363 g/mol. The highest BCUT2D eigenvalue weighted by atomic mass is 16.2. The molecule has 0 radical (unpaired) electrons. The third-order valence-corrected chi connectivity index (χ3v) is 5.14. The van der Waals surface area contributed by atoms with Gasteiger partial charge in [0, 0.05) is 29.8 Å². The van der Waals surface area contributed by atoms with E-state index < -0.39 is 0 Å². The number of anilines is 1. The van der Waals surface area contributed by atoms with E-state index in [2.05, 4.69) is 20.8 Å². The highest BCUT2D eigenvalue weighted by Gasteiger charge is 2.26. The third kappa shape index (κ3) is 4.85. The molecule has 3 nitrogen and oxygen atoms in total. The number of fused-ring (bicyclic) bond motifs is 1. The Hall–Kier alpha value is -2.42. The van der Waals surface area contributed by atoms with Gasteiger partial charge in [-0.25, -0.2) is 0 Å². The van der Waals surface area contributed by atoms with Crippen LogP contribution in [0.15, 0.2) is 48.5 Å². The van der Waals surface area contributed by atoms with Gasteiger partial charge in [-0.1, -0.05) is 45.4 Å². The van der Waals surface area contributed by atoms with E-state index >= 15 is 0 Å². The summed E-state index contributed by atoms with van der Waals surface area (Å²) in [6.45, 7) is 7.37. The predicted octanol–water partition coefficient (Wildman–Crippen LogP) is 5.68. The fourth-order valence-electron chi connectivity index (χ4n) is 3.61. The highest BCUT2D eigenvalue weighted by molar-refractivity contribution is 6.07. The van der Waals surface area contributed by atoms with Crippen LogP contribution in [0.25, 0.3) is 0 Å². The van der Waals surface area contributed by atoms with E-state index in [1.54, 1.807) is 0 Å². The lowest BCUT2D eigenvalue weighted by atomic mass is 9.89. The summed E-state index contributed by atoms with van der Waals surface area (Å²) in [5.41, 5.74) is 3.83. The molecule has 0 saturated carbocycles. The molecule has 0 aromatic heterocycles. The Morgan fingerprint density at radius 2 is 1.70 bits per heavy atom. The Bertz CT molecular complexity index is 818. The fraction of sp³-hybridized carbons (Fsp3) is 0.417. The van der Waals surface area contributed by atoms with Gasteiger partial charge in [-0.3, -0.25) is 9.59 Å². The number of hydrogen-bond acceptors (Lipinski definition) is 2. The topological polar surface area (TPSA) is 37.4 Å². The predicted molar refractivity (Wildman–Crippen MR) is 111 cm³/mol. The van der Waals surface area contributed by atoms with E-state index in [4.69, 9.17) is 0 Å². The summed E-state index contributed by atoms with van der Waals surface area (Å²) in [5.74, 6) is 0.232. The number of hydrogen-bond donors (Lipinski definition) is 0. The maximum absolute atomic E-state index is 12.7. The van der Waals surface area contributed by atoms with Crippen molar-refractivity contribution in [2.24, 2.45) is 5.41 Å².